The summed E-state index contributed by atoms with van der Waals surface area (Å²) in [6.07, 6.45) is 1.88. The predicted octanol–water partition coefficient (Wildman–Crippen LogP) is 4.02. The second-order valence-corrected chi connectivity index (χ2v) is 6.86. The molecule has 0 saturated carbocycles. The molecule has 5 nitrogen and oxygen atoms in total. The number of hydrazone groups is 1. The summed E-state index contributed by atoms with van der Waals surface area (Å²) in [4.78, 5) is 12.0. The summed E-state index contributed by atoms with van der Waals surface area (Å²) in [6, 6.07) is 7.98. The molecule has 0 heterocycles. The Morgan fingerprint density at radius 1 is 1.34 bits per heavy atom. The lowest BCUT2D eigenvalue weighted by Crippen LogP contribution is -2.20. The van der Waals surface area contributed by atoms with Gasteiger partial charge in [0.2, 0.25) is 5.91 Å². The zero-order valence-corrected chi connectivity index (χ0v) is 17.4. The van der Waals surface area contributed by atoms with E-state index in [2.05, 4.69) is 16.4 Å². The predicted molar refractivity (Wildman–Crippen MR) is 111 cm³/mol. The van der Waals surface area contributed by atoms with E-state index in [1.807, 2.05) is 22.6 Å². The molecule has 0 fully saturated rings. The van der Waals surface area contributed by atoms with Crippen molar-refractivity contribution < 1.29 is 27.4 Å². The molecule has 0 aliphatic rings. The number of methoxy groups -OCH3 is 1. The van der Waals surface area contributed by atoms with Crippen molar-refractivity contribution in [1.29, 1.82) is 0 Å². The average molecular weight is 516 g/mol. The molecule has 2 aromatic rings. The summed E-state index contributed by atoms with van der Waals surface area (Å²) in [7, 11) is 1.48. The van der Waals surface area contributed by atoms with E-state index in [0.717, 1.165) is 15.7 Å². The maximum absolute atomic E-state index is 12.7. The fourth-order valence-corrected chi connectivity index (χ4v) is 3.11. The number of nitrogens with zero attached hydrogens (tertiary/aromatic N) is 1. The van der Waals surface area contributed by atoms with Crippen molar-refractivity contribution in [2.75, 3.05) is 13.7 Å². The maximum Gasteiger partial charge on any atom is 0.416 e. The molecule has 0 unspecified atom stereocenters. The maximum atomic E-state index is 12.7. The van der Waals surface area contributed by atoms with Crippen LogP contribution < -0.4 is 14.9 Å². The third kappa shape index (κ3) is 6.67. The minimum absolute atomic E-state index is 0.0887. The molecule has 1 N–H and O–H groups in total. The first-order valence-corrected chi connectivity index (χ1v) is 9.24. The Labute approximate surface area is 179 Å². The van der Waals surface area contributed by atoms with Crippen LogP contribution in [-0.4, -0.2) is 25.8 Å². The Morgan fingerprint density at radius 2 is 2.10 bits per heavy atom. The van der Waals surface area contributed by atoms with Crippen molar-refractivity contribution in [2.24, 2.45) is 5.10 Å². The Bertz CT molecular complexity index is 953. The van der Waals surface area contributed by atoms with Gasteiger partial charge < -0.3 is 9.47 Å². The third-order valence-electron chi connectivity index (χ3n) is 3.57. The first-order valence-electron chi connectivity index (χ1n) is 8.16. The molecule has 0 atom stereocenters. The number of hydrogen-bond donors (Lipinski definition) is 1. The molecule has 0 aromatic heterocycles. The number of rotatable bonds is 7. The summed E-state index contributed by atoms with van der Waals surface area (Å²) in [5.41, 5.74) is 2.35. The molecule has 0 aliphatic heterocycles. The normalized spacial score (nSPS) is 11.2. The highest BCUT2D eigenvalue weighted by Gasteiger charge is 2.30. The Balaban J connectivity index is 2.03. The molecular weight excluding hydrogens is 500 g/mol. The van der Waals surface area contributed by atoms with Crippen LogP contribution in [0.2, 0.25) is 0 Å². The second-order valence-electron chi connectivity index (χ2n) is 5.70. The SMILES string of the molecule is C#CCOc1c(I)cc(/C=N\NC(=O)Cc2cccc(C(F)(F)F)c2)cc1OC. The van der Waals surface area contributed by atoms with Gasteiger partial charge in [0, 0.05) is 0 Å². The molecule has 1 amide bonds. The van der Waals surface area contributed by atoms with E-state index in [1.165, 1.54) is 25.5 Å². The van der Waals surface area contributed by atoms with Crippen molar-refractivity contribution in [2.45, 2.75) is 12.6 Å². The highest BCUT2D eigenvalue weighted by atomic mass is 127. The summed E-state index contributed by atoms with van der Waals surface area (Å²) >= 11 is 2.05. The van der Waals surface area contributed by atoms with Gasteiger partial charge in [-0.3, -0.25) is 4.79 Å². The molecule has 29 heavy (non-hydrogen) atoms. The zero-order valence-electron chi connectivity index (χ0n) is 15.2. The number of hydrogen-bond acceptors (Lipinski definition) is 4. The molecule has 2 rings (SSSR count). The quantitative estimate of drug-likeness (QED) is 0.262. The van der Waals surface area contributed by atoms with E-state index in [0.29, 0.717) is 17.1 Å². The van der Waals surface area contributed by atoms with Crippen LogP contribution in [0.5, 0.6) is 11.5 Å². The molecule has 0 spiro atoms. The number of terminal acetylenes is 1. The van der Waals surface area contributed by atoms with Crippen LogP contribution in [0.4, 0.5) is 13.2 Å². The van der Waals surface area contributed by atoms with Gasteiger partial charge in [0.1, 0.15) is 6.61 Å². The molecule has 0 saturated heterocycles. The van der Waals surface area contributed by atoms with Crippen molar-refractivity contribution in [3.8, 4) is 23.8 Å². The van der Waals surface area contributed by atoms with Crippen LogP contribution in [0, 0.1) is 15.9 Å². The second kappa shape index (κ2) is 10.2. The molecule has 0 aliphatic carbocycles. The van der Waals surface area contributed by atoms with Gasteiger partial charge in [0.15, 0.2) is 11.5 Å². The first-order chi connectivity index (χ1) is 13.7. The molecule has 152 valence electrons. The van der Waals surface area contributed by atoms with Crippen molar-refractivity contribution >= 4 is 34.7 Å². The topological polar surface area (TPSA) is 59.9 Å². The molecule has 9 heteroatoms. The minimum atomic E-state index is -4.46. The van der Waals surface area contributed by atoms with E-state index in [-0.39, 0.29) is 18.6 Å². The first kappa shape index (κ1) is 22.5. The number of benzene rings is 2. The van der Waals surface area contributed by atoms with Crippen LogP contribution in [0.3, 0.4) is 0 Å². The fourth-order valence-electron chi connectivity index (χ4n) is 2.33. The van der Waals surface area contributed by atoms with Gasteiger partial charge >= 0.3 is 6.18 Å². The molecule has 2 aromatic carbocycles. The number of nitrogens with one attached hydrogen (secondary N) is 1. The fraction of sp³-hybridized carbons (Fsp3) is 0.200. The summed E-state index contributed by atoms with van der Waals surface area (Å²) < 4.78 is 49.6. The van der Waals surface area contributed by atoms with E-state index >= 15 is 0 Å². The summed E-state index contributed by atoms with van der Waals surface area (Å²) in [6.45, 7) is 0.0887. The van der Waals surface area contributed by atoms with Gasteiger partial charge in [-0.15, -0.1) is 6.42 Å². The highest BCUT2D eigenvalue weighted by molar-refractivity contribution is 14.1. The standard InChI is InChI=1S/C20H16F3IN2O3/c1-3-7-29-19-16(24)9-14(10-17(19)28-2)12-25-26-18(27)11-13-5-4-6-15(8-13)20(21,22)23/h1,4-6,8-10,12H,7,11H2,2H3,(H,26,27)/b25-12-. The number of amides is 1. The molecular formula is C20H16F3IN2O3. The van der Waals surface area contributed by atoms with Gasteiger partial charge in [0.25, 0.3) is 0 Å². The number of carbonyl (C=O) groups excluding carboxylic acids is 1. The van der Waals surface area contributed by atoms with E-state index in [1.54, 1.807) is 12.1 Å². The van der Waals surface area contributed by atoms with Gasteiger partial charge in [-0.05, 0) is 51.9 Å². The van der Waals surface area contributed by atoms with Crippen LogP contribution in [0.25, 0.3) is 0 Å². The number of carbonyl (C=O) groups is 1. The van der Waals surface area contributed by atoms with Gasteiger partial charge in [0.05, 0.1) is 28.9 Å². The van der Waals surface area contributed by atoms with Crippen molar-refractivity contribution in [3.05, 3.63) is 56.7 Å². The monoisotopic (exact) mass is 516 g/mol. The molecule has 0 radical (unpaired) electrons. The van der Waals surface area contributed by atoms with E-state index in [4.69, 9.17) is 15.9 Å². The average Bonchev–Trinajstić information content (AvgIpc) is 2.66. The third-order valence-corrected chi connectivity index (χ3v) is 4.37. The summed E-state index contributed by atoms with van der Waals surface area (Å²) in [5, 5.41) is 3.84. The number of ether oxygens (including phenoxy) is 2. The largest absolute Gasteiger partial charge is 0.493 e. The van der Waals surface area contributed by atoms with Crippen LogP contribution >= 0.6 is 22.6 Å². The van der Waals surface area contributed by atoms with Crippen molar-refractivity contribution in [1.82, 2.24) is 5.43 Å². The molecule has 0 bridgehead atoms. The number of alkyl halides is 3. The summed E-state index contributed by atoms with van der Waals surface area (Å²) in [5.74, 6) is 2.77. The lowest BCUT2D eigenvalue weighted by molar-refractivity contribution is -0.137. The minimum Gasteiger partial charge on any atom is -0.493 e. The van der Waals surface area contributed by atoms with Gasteiger partial charge in [-0.1, -0.05) is 24.1 Å². The lowest BCUT2D eigenvalue weighted by Gasteiger charge is -2.11. The van der Waals surface area contributed by atoms with Gasteiger partial charge in [-0.2, -0.15) is 18.3 Å². The van der Waals surface area contributed by atoms with Crippen molar-refractivity contribution in [3.63, 3.8) is 0 Å². The zero-order chi connectivity index (χ0) is 21.4. The Morgan fingerprint density at radius 3 is 2.76 bits per heavy atom. The highest BCUT2D eigenvalue weighted by Crippen LogP contribution is 2.33. The van der Waals surface area contributed by atoms with Crippen LogP contribution in [0.1, 0.15) is 16.7 Å². The van der Waals surface area contributed by atoms with Gasteiger partial charge in [-0.25, -0.2) is 5.43 Å². The van der Waals surface area contributed by atoms with Crippen LogP contribution in [-0.2, 0) is 17.4 Å². The number of halogens is 4. The Hall–Kier alpha value is -2.74. The smallest absolute Gasteiger partial charge is 0.416 e. The Kier molecular flexibility index (Phi) is 7.90. The van der Waals surface area contributed by atoms with E-state index in [9.17, 15) is 18.0 Å². The van der Waals surface area contributed by atoms with Crippen LogP contribution in [0.15, 0.2) is 41.5 Å². The van der Waals surface area contributed by atoms with E-state index < -0.39 is 17.6 Å². The lowest BCUT2D eigenvalue weighted by atomic mass is 10.1.